The van der Waals surface area contributed by atoms with Gasteiger partial charge in [0.05, 0.1) is 12.6 Å². The van der Waals surface area contributed by atoms with Crippen molar-refractivity contribution in [2.24, 2.45) is 0 Å². The zero-order valence-electron chi connectivity index (χ0n) is 12.9. The molecule has 1 aromatic carbocycles. The molecular weight excluding hydrogens is 266 g/mol. The standard InChI is InChI=1S/C16H25N3O2/c1-13(12-21-2)18-16(20)17-11-14-7-3-4-8-15(14)19-9-5-6-10-19/h3-4,7-8,13H,5-6,9-12H2,1-2H3,(H2,17,18,20). The summed E-state index contributed by atoms with van der Waals surface area (Å²) in [6.07, 6.45) is 2.49. The second-order valence-electron chi connectivity index (χ2n) is 5.51. The smallest absolute Gasteiger partial charge is 0.315 e. The van der Waals surface area contributed by atoms with Crippen molar-refractivity contribution in [1.82, 2.24) is 10.6 Å². The number of para-hydroxylation sites is 1. The van der Waals surface area contributed by atoms with Gasteiger partial charge in [0.15, 0.2) is 0 Å². The molecule has 0 bridgehead atoms. The van der Waals surface area contributed by atoms with Crippen molar-refractivity contribution in [2.45, 2.75) is 32.4 Å². The predicted molar refractivity (Wildman–Crippen MR) is 84.6 cm³/mol. The van der Waals surface area contributed by atoms with E-state index in [1.54, 1.807) is 7.11 Å². The molecule has 21 heavy (non-hydrogen) atoms. The predicted octanol–water partition coefficient (Wildman–Crippen LogP) is 2.12. The topological polar surface area (TPSA) is 53.6 Å². The highest BCUT2D eigenvalue weighted by Crippen LogP contribution is 2.24. The quantitative estimate of drug-likeness (QED) is 0.844. The Kier molecular flexibility index (Phi) is 5.87. The fourth-order valence-electron chi connectivity index (χ4n) is 2.67. The molecule has 116 valence electrons. The first-order chi connectivity index (χ1) is 10.2. The number of methoxy groups -OCH3 is 1. The minimum atomic E-state index is -0.157. The number of nitrogens with zero attached hydrogens (tertiary/aromatic N) is 1. The van der Waals surface area contributed by atoms with Gasteiger partial charge >= 0.3 is 6.03 Å². The van der Waals surface area contributed by atoms with Crippen LogP contribution in [0.3, 0.4) is 0 Å². The van der Waals surface area contributed by atoms with Gasteiger partial charge in [-0.25, -0.2) is 4.79 Å². The van der Waals surface area contributed by atoms with Crippen molar-refractivity contribution in [1.29, 1.82) is 0 Å². The third kappa shape index (κ3) is 4.63. The van der Waals surface area contributed by atoms with Gasteiger partial charge in [-0.1, -0.05) is 18.2 Å². The van der Waals surface area contributed by atoms with Crippen molar-refractivity contribution < 1.29 is 9.53 Å². The number of ether oxygens (including phenoxy) is 1. The Hall–Kier alpha value is -1.75. The molecule has 1 aliphatic heterocycles. The molecule has 5 heteroatoms. The van der Waals surface area contributed by atoms with Crippen LogP contribution < -0.4 is 15.5 Å². The van der Waals surface area contributed by atoms with Gasteiger partial charge < -0.3 is 20.3 Å². The first-order valence-electron chi connectivity index (χ1n) is 7.57. The van der Waals surface area contributed by atoms with Crippen molar-refractivity contribution in [3.8, 4) is 0 Å². The third-order valence-corrected chi connectivity index (χ3v) is 3.67. The molecule has 1 heterocycles. The summed E-state index contributed by atoms with van der Waals surface area (Å²) in [6, 6.07) is 8.12. The minimum Gasteiger partial charge on any atom is -0.383 e. The maximum Gasteiger partial charge on any atom is 0.315 e. The van der Waals surface area contributed by atoms with E-state index in [4.69, 9.17) is 4.74 Å². The summed E-state index contributed by atoms with van der Waals surface area (Å²) >= 11 is 0. The molecule has 1 aliphatic rings. The highest BCUT2D eigenvalue weighted by Gasteiger charge is 2.15. The Morgan fingerprint density at radius 2 is 2.05 bits per heavy atom. The first-order valence-corrected chi connectivity index (χ1v) is 7.57. The van der Waals surface area contributed by atoms with Gasteiger partial charge in [-0.05, 0) is 31.4 Å². The number of anilines is 1. The largest absolute Gasteiger partial charge is 0.383 e. The number of urea groups is 1. The van der Waals surface area contributed by atoms with Crippen LogP contribution in [0.25, 0.3) is 0 Å². The maximum absolute atomic E-state index is 11.8. The Bertz CT molecular complexity index is 459. The zero-order valence-corrected chi connectivity index (χ0v) is 12.9. The van der Waals surface area contributed by atoms with Crippen LogP contribution in [-0.2, 0) is 11.3 Å². The number of amides is 2. The summed E-state index contributed by atoms with van der Waals surface area (Å²) < 4.78 is 5.00. The molecular formula is C16H25N3O2. The van der Waals surface area contributed by atoms with E-state index in [2.05, 4.69) is 33.7 Å². The molecule has 0 aromatic heterocycles. The van der Waals surface area contributed by atoms with Gasteiger partial charge in [0.1, 0.15) is 0 Å². The van der Waals surface area contributed by atoms with Crippen LogP contribution in [0, 0.1) is 0 Å². The summed E-state index contributed by atoms with van der Waals surface area (Å²) in [7, 11) is 1.63. The molecule has 1 fully saturated rings. The second kappa shape index (κ2) is 7.88. The van der Waals surface area contributed by atoms with Crippen LogP contribution in [0.1, 0.15) is 25.3 Å². The SMILES string of the molecule is COCC(C)NC(=O)NCc1ccccc1N1CCCC1. The fourth-order valence-corrected chi connectivity index (χ4v) is 2.67. The molecule has 2 rings (SSSR count). The molecule has 0 saturated carbocycles. The van der Waals surface area contributed by atoms with Crippen molar-refractivity contribution in [3.05, 3.63) is 29.8 Å². The molecule has 1 unspecified atom stereocenters. The highest BCUT2D eigenvalue weighted by molar-refractivity contribution is 5.74. The van der Waals surface area contributed by atoms with Gasteiger partial charge in [0, 0.05) is 32.4 Å². The van der Waals surface area contributed by atoms with E-state index in [-0.39, 0.29) is 12.1 Å². The Morgan fingerprint density at radius 1 is 1.33 bits per heavy atom. The van der Waals surface area contributed by atoms with E-state index >= 15 is 0 Å². The third-order valence-electron chi connectivity index (χ3n) is 3.67. The summed E-state index contributed by atoms with van der Waals surface area (Å²) in [5, 5.41) is 5.77. The number of carbonyl (C=O) groups excluding carboxylic acids is 1. The average molecular weight is 291 g/mol. The van der Waals surface area contributed by atoms with Crippen LogP contribution in [0.5, 0.6) is 0 Å². The Morgan fingerprint density at radius 3 is 2.76 bits per heavy atom. The first kappa shape index (κ1) is 15.6. The van der Waals surface area contributed by atoms with Crippen molar-refractivity contribution in [2.75, 3.05) is 31.7 Å². The van der Waals surface area contributed by atoms with Crippen LogP contribution in [-0.4, -0.2) is 38.9 Å². The normalized spacial score (nSPS) is 15.8. The number of rotatable bonds is 6. The number of hydrogen-bond donors (Lipinski definition) is 2. The summed E-state index contributed by atoms with van der Waals surface area (Å²) in [4.78, 5) is 14.2. The number of hydrogen-bond acceptors (Lipinski definition) is 3. The molecule has 1 aromatic rings. The summed E-state index contributed by atoms with van der Waals surface area (Å²) in [5.41, 5.74) is 2.40. The monoisotopic (exact) mass is 291 g/mol. The number of nitrogens with one attached hydrogen (secondary N) is 2. The maximum atomic E-state index is 11.8. The molecule has 2 N–H and O–H groups in total. The van der Waals surface area contributed by atoms with Crippen LogP contribution in [0.15, 0.2) is 24.3 Å². The number of benzene rings is 1. The van der Waals surface area contributed by atoms with E-state index in [1.807, 2.05) is 13.0 Å². The van der Waals surface area contributed by atoms with Crippen LogP contribution in [0.2, 0.25) is 0 Å². The Balaban J connectivity index is 1.89. The second-order valence-corrected chi connectivity index (χ2v) is 5.51. The lowest BCUT2D eigenvalue weighted by Crippen LogP contribution is -2.42. The minimum absolute atomic E-state index is 0.00354. The summed E-state index contributed by atoms with van der Waals surface area (Å²) in [6.45, 7) is 5.18. The van der Waals surface area contributed by atoms with E-state index in [0.29, 0.717) is 13.2 Å². The molecule has 5 nitrogen and oxygen atoms in total. The molecule has 2 amide bonds. The van der Waals surface area contributed by atoms with Gasteiger partial charge in [-0.15, -0.1) is 0 Å². The fraction of sp³-hybridized carbons (Fsp3) is 0.562. The molecule has 0 spiro atoms. The van der Waals surface area contributed by atoms with Gasteiger partial charge in [0.25, 0.3) is 0 Å². The molecule has 1 atom stereocenters. The van der Waals surface area contributed by atoms with E-state index in [9.17, 15) is 4.79 Å². The van der Waals surface area contributed by atoms with Crippen molar-refractivity contribution in [3.63, 3.8) is 0 Å². The van der Waals surface area contributed by atoms with E-state index in [0.717, 1.165) is 18.7 Å². The van der Waals surface area contributed by atoms with Crippen LogP contribution in [0.4, 0.5) is 10.5 Å². The average Bonchev–Trinajstić information content (AvgIpc) is 2.99. The van der Waals surface area contributed by atoms with Crippen molar-refractivity contribution >= 4 is 11.7 Å². The number of carbonyl (C=O) groups is 1. The lowest BCUT2D eigenvalue weighted by molar-refractivity contribution is 0.171. The van der Waals surface area contributed by atoms with E-state index < -0.39 is 0 Å². The highest BCUT2D eigenvalue weighted by atomic mass is 16.5. The van der Waals surface area contributed by atoms with Gasteiger partial charge in [-0.3, -0.25) is 0 Å². The lowest BCUT2D eigenvalue weighted by atomic mass is 10.1. The molecule has 0 radical (unpaired) electrons. The molecule has 1 saturated heterocycles. The van der Waals surface area contributed by atoms with Gasteiger partial charge in [-0.2, -0.15) is 0 Å². The summed E-state index contributed by atoms with van der Waals surface area (Å²) in [5.74, 6) is 0. The Labute approximate surface area is 126 Å². The zero-order chi connectivity index (χ0) is 15.1. The molecule has 0 aliphatic carbocycles. The van der Waals surface area contributed by atoms with E-state index in [1.165, 1.54) is 18.5 Å². The lowest BCUT2D eigenvalue weighted by Gasteiger charge is -2.22. The van der Waals surface area contributed by atoms with Gasteiger partial charge in [0.2, 0.25) is 0 Å². The van der Waals surface area contributed by atoms with Crippen LogP contribution >= 0.6 is 0 Å².